The molecule has 0 saturated carbocycles. The Labute approximate surface area is 290 Å². The van der Waals surface area contributed by atoms with Gasteiger partial charge >= 0.3 is 0 Å². The molecule has 1 atom stereocenters. The fraction of sp³-hybridized carbons (Fsp3) is 0.235. The van der Waals surface area contributed by atoms with E-state index in [2.05, 4.69) is 5.32 Å². The summed E-state index contributed by atoms with van der Waals surface area (Å²) in [5, 5.41) is 3.71. The second kappa shape index (κ2) is 16.0. The molecule has 4 rings (SSSR count). The highest BCUT2D eigenvalue weighted by Crippen LogP contribution is 2.36. The summed E-state index contributed by atoms with van der Waals surface area (Å²) in [6.07, 6.45) is 0.158. The number of benzene rings is 4. The monoisotopic (exact) mass is 719 g/mol. The van der Waals surface area contributed by atoms with E-state index in [-0.39, 0.29) is 44.5 Å². The third-order valence-corrected chi connectivity index (χ3v) is 10.3. The smallest absolute Gasteiger partial charge is 0.264 e. The van der Waals surface area contributed by atoms with Crippen molar-refractivity contribution >= 4 is 73.9 Å². The van der Waals surface area contributed by atoms with Crippen LogP contribution in [0.3, 0.4) is 0 Å². The van der Waals surface area contributed by atoms with Crippen molar-refractivity contribution in [3.05, 3.63) is 128 Å². The van der Waals surface area contributed by atoms with Crippen molar-refractivity contribution in [1.82, 2.24) is 10.2 Å². The molecule has 0 saturated heterocycles. The maximum absolute atomic E-state index is 14.6. The van der Waals surface area contributed by atoms with Crippen molar-refractivity contribution in [3.8, 4) is 0 Å². The number of hydrogen-bond acceptors (Lipinski definition) is 4. The van der Waals surface area contributed by atoms with Gasteiger partial charge < -0.3 is 10.2 Å². The first-order chi connectivity index (χ1) is 21.9. The van der Waals surface area contributed by atoms with E-state index in [1.165, 1.54) is 29.2 Å². The summed E-state index contributed by atoms with van der Waals surface area (Å²) < 4.78 is 29.1. The molecule has 0 aromatic heterocycles. The molecule has 12 heteroatoms. The average Bonchev–Trinajstić information content (AvgIpc) is 3.03. The van der Waals surface area contributed by atoms with Gasteiger partial charge in [0, 0.05) is 29.6 Å². The summed E-state index contributed by atoms with van der Waals surface area (Å²) in [6, 6.07) is 25.3. The third-order valence-electron chi connectivity index (χ3n) is 7.12. The van der Waals surface area contributed by atoms with Crippen LogP contribution >= 0.6 is 46.4 Å². The molecule has 0 heterocycles. The minimum atomic E-state index is -4.34. The summed E-state index contributed by atoms with van der Waals surface area (Å²) in [4.78, 5) is 29.7. The Kier molecular flexibility index (Phi) is 12.4. The average molecular weight is 722 g/mol. The number of nitrogens with zero attached hydrogens (tertiary/aromatic N) is 2. The standard InChI is InChI=1S/C34H33Cl4N3O4S/c1-23(2)20-39-34(43)31(18-24-10-5-3-6-11-24)40(21-25-16-17-26(35)19-29(25)37)32(42)22-41(30-15-9-14-28(36)33(30)38)46(44,45)27-12-7-4-8-13-27/h3-17,19,23,31H,18,20-22H2,1-2H3,(H,39,43)/t31-/m0/s1. The van der Waals surface area contributed by atoms with Gasteiger partial charge in [0.05, 0.1) is 20.6 Å². The summed E-state index contributed by atoms with van der Waals surface area (Å²) >= 11 is 25.6. The lowest BCUT2D eigenvalue weighted by atomic mass is 10.0. The molecule has 0 aliphatic carbocycles. The van der Waals surface area contributed by atoms with E-state index in [4.69, 9.17) is 46.4 Å². The van der Waals surface area contributed by atoms with Gasteiger partial charge in [-0.15, -0.1) is 0 Å². The van der Waals surface area contributed by atoms with Gasteiger partial charge in [-0.3, -0.25) is 13.9 Å². The molecule has 0 bridgehead atoms. The Morgan fingerprint density at radius 1 is 0.804 bits per heavy atom. The van der Waals surface area contributed by atoms with Crippen LogP contribution < -0.4 is 9.62 Å². The molecule has 0 unspecified atom stereocenters. The van der Waals surface area contributed by atoms with E-state index >= 15 is 0 Å². The molecule has 2 amide bonds. The largest absolute Gasteiger partial charge is 0.354 e. The van der Waals surface area contributed by atoms with Gasteiger partial charge in [-0.2, -0.15) is 0 Å². The number of amides is 2. The zero-order valence-electron chi connectivity index (χ0n) is 25.2. The van der Waals surface area contributed by atoms with Gasteiger partial charge in [-0.1, -0.05) is 121 Å². The van der Waals surface area contributed by atoms with E-state index in [1.54, 1.807) is 42.5 Å². The Bertz CT molecular complexity index is 1770. The fourth-order valence-corrected chi connectivity index (χ4v) is 7.09. The van der Waals surface area contributed by atoms with Gasteiger partial charge in [0.2, 0.25) is 11.8 Å². The summed E-state index contributed by atoms with van der Waals surface area (Å²) in [5.74, 6) is -0.913. The van der Waals surface area contributed by atoms with Crippen LogP contribution in [0.5, 0.6) is 0 Å². The quantitative estimate of drug-likeness (QED) is 0.152. The van der Waals surface area contributed by atoms with Crippen LogP contribution in [0.15, 0.2) is 102 Å². The topological polar surface area (TPSA) is 86.8 Å². The number of hydrogen-bond donors (Lipinski definition) is 1. The molecule has 1 N–H and O–H groups in total. The van der Waals surface area contributed by atoms with Crippen LogP contribution in [0.2, 0.25) is 20.1 Å². The molecule has 242 valence electrons. The molecule has 0 fully saturated rings. The minimum absolute atomic E-state index is 0.0136. The number of nitrogens with one attached hydrogen (secondary N) is 1. The number of carbonyl (C=O) groups excluding carboxylic acids is 2. The van der Waals surface area contributed by atoms with Gasteiger partial charge in [0.1, 0.15) is 12.6 Å². The maximum atomic E-state index is 14.6. The summed E-state index contributed by atoms with van der Waals surface area (Å²) in [5.41, 5.74) is 1.34. The van der Waals surface area contributed by atoms with Crippen molar-refractivity contribution in [2.24, 2.45) is 5.92 Å². The zero-order chi connectivity index (χ0) is 33.4. The minimum Gasteiger partial charge on any atom is -0.354 e. The number of anilines is 1. The van der Waals surface area contributed by atoms with E-state index < -0.39 is 34.4 Å². The second-order valence-corrected chi connectivity index (χ2v) is 14.5. The van der Waals surface area contributed by atoms with Gasteiger partial charge in [-0.25, -0.2) is 8.42 Å². The molecule has 0 spiro atoms. The van der Waals surface area contributed by atoms with Gasteiger partial charge in [-0.05, 0) is 53.4 Å². The molecular weight excluding hydrogens is 688 g/mol. The second-order valence-electron chi connectivity index (χ2n) is 11.0. The lowest BCUT2D eigenvalue weighted by Gasteiger charge is -2.34. The van der Waals surface area contributed by atoms with Crippen LogP contribution in [0, 0.1) is 5.92 Å². The predicted octanol–water partition coefficient (Wildman–Crippen LogP) is 7.91. The Balaban J connectivity index is 1.84. The fourth-order valence-electron chi connectivity index (χ4n) is 4.73. The summed E-state index contributed by atoms with van der Waals surface area (Å²) in [6.45, 7) is 3.50. The normalized spacial score (nSPS) is 12.1. The SMILES string of the molecule is CC(C)CNC(=O)[C@H](Cc1ccccc1)N(Cc1ccc(Cl)cc1Cl)C(=O)CN(c1cccc(Cl)c1Cl)S(=O)(=O)c1ccccc1. The Morgan fingerprint density at radius 2 is 1.46 bits per heavy atom. The Morgan fingerprint density at radius 3 is 2.09 bits per heavy atom. The molecule has 46 heavy (non-hydrogen) atoms. The first-order valence-corrected chi connectivity index (χ1v) is 17.4. The maximum Gasteiger partial charge on any atom is 0.264 e. The van der Waals surface area contributed by atoms with Crippen LogP contribution in [0.25, 0.3) is 0 Å². The van der Waals surface area contributed by atoms with Crippen LogP contribution in [-0.2, 0) is 32.6 Å². The van der Waals surface area contributed by atoms with Crippen molar-refractivity contribution in [3.63, 3.8) is 0 Å². The molecule has 0 radical (unpaired) electrons. The number of carbonyl (C=O) groups is 2. The highest BCUT2D eigenvalue weighted by molar-refractivity contribution is 7.92. The van der Waals surface area contributed by atoms with Crippen LogP contribution in [-0.4, -0.2) is 44.3 Å². The Hall–Kier alpha value is -3.27. The third kappa shape index (κ3) is 8.96. The highest BCUT2D eigenvalue weighted by atomic mass is 35.5. The molecule has 4 aromatic carbocycles. The van der Waals surface area contributed by atoms with E-state index in [9.17, 15) is 18.0 Å². The molecule has 0 aliphatic heterocycles. The number of halogens is 4. The number of rotatable bonds is 13. The zero-order valence-corrected chi connectivity index (χ0v) is 29.0. The first-order valence-electron chi connectivity index (χ1n) is 14.4. The number of sulfonamides is 1. The predicted molar refractivity (Wildman–Crippen MR) is 186 cm³/mol. The van der Waals surface area contributed by atoms with E-state index in [0.29, 0.717) is 17.1 Å². The summed E-state index contributed by atoms with van der Waals surface area (Å²) in [7, 11) is -4.34. The lowest BCUT2D eigenvalue weighted by molar-refractivity contribution is -0.140. The molecule has 4 aromatic rings. The van der Waals surface area contributed by atoms with E-state index in [0.717, 1.165) is 9.87 Å². The van der Waals surface area contributed by atoms with Gasteiger partial charge in [0.25, 0.3) is 10.0 Å². The van der Waals surface area contributed by atoms with Crippen molar-refractivity contribution in [2.75, 3.05) is 17.4 Å². The van der Waals surface area contributed by atoms with E-state index in [1.807, 2.05) is 44.2 Å². The van der Waals surface area contributed by atoms with Crippen LogP contribution in [0.1, 0.15) is 25.0 Å². The lowest BCUT2D eigenvalue weighted by Crippen LogP contribution is -2.53. The molecule has 7 nitrogen and oxygen atoms in total. The van der Waals surface area contributed by atoms with Crippen molar-refractivity contribution in [2.45, 2.75) is 37.8 Å². The van der Waals surface area contributed by atoms with Gasteiger partial charge in [0.15, 0.2) is 0 Å². The highest BCUT2D eigenvalue weighted by Gasteiger charge is 2.35. The van der Waals surface area contributed by atoms with Crippen molar-refractivity contribution < 1.29 is 18.0 Å². The van der Waals surface area contributed by atoms with Crippen molar-refractivity contribution in [1.29, 1.82) is 0 Å². The molecular formula is C34H33Cl4N3O4S. The first kappa shape index (κ1) is 35.6. The molecule has 0 aliphatic rings. The van der Waals surface area contributed by atoms with Crippen LogP contribution in [0.4, 0.5) is 5.69 Å².